The van der Waals surface area contributed by atoms with E-state index < -0.39 is 0 Å². The maximum Gasteiger partial charge on any atom is 0.239 e. The average molecular weight is 375 g/mol. The summed E-state index contributed by atoms with van der Waals surface area (Å²) in [7, 11) is 0. The first-order valence-corrected chi connectivity index (χ1v) is 8.99. The zero-order chi connectivity index (χ0) is 16.7. The molecule has 0 saturated carbocycles. The number of hydrogen-bond acceptors (Lipinski definition) is 5. The fourth-order valence-corrected chi connectivity index (χ4v) is 3.24. The highest BCUT2D eigenvalue weighted by Gasteiger charge is 2.23. The van der Waals surface area contributed by atoms with E-state index in [0.717, 1.165) is 24.5 Å². The van der Waals surface area contributed by atoms with Gasteiger partial charge in [0.2, 0.25) is 11.8 Å². The Labute approximate surface area is 154 Å². The average Bonchev–Trinajstić information content (AvgIpc) is 3.06. The first-order chi connectivity index (χ1) is 11.1. The lowest BCUT2D eigenvalue weighted by Gasteiger charge is -2.34. The van der Waals surface area contributed by atoms with Gasteiger partial charge < -0.3 is 15.5 Å². The summed E-state index contributed by atoms with van der Waals surface area (Å²) >= 11 is 1.61. The van der Waals surface area contributed by atoms with E-state index in [-0.39, 0.29) is 30.8 Å². The molecule has 0 bridgehead atoms. The Morgan fingerprint density at radius 1 is 1.50 bits per heavy atom. The lowest BCUT2D eigenvalue weighted by Crippen LogP contribution is -2.53. The molecule has 0 aliphatic carbocycles. The van der Waals surface area contributed by atoms with Crippen LogP contribution in [0.25, 0.3) is 0 Å². The fourth-order valence-electron chi connectivity index (χ4n) is 2.60. The Balaban J connectivity index is 0.00000288. The molecular formula is C16H27ClN4O2S. The molecule has 0 aromatic carbocycles. The number of likely N-dealkylation sites (N-methyl/N-ethyl adjacent to an activating group) is 1. The summed E-state index contributed by atoms with van der Waals surface area (Å²) < 4.78 is 0. The third kappa shape index (κ3) is 6.39. The Bertz CT molecular complexity index is 512. The molecule has 1 atom stereocenters. The van der Waals surface area contributed by atoms with Gasteiger partial charge in [0.05, 0.1) is 19.6 Å². The number of nitrogens with one attached hydrogen (secondary N) is 2. The highest BCUT2D eigenvalue weighted by Crippen LogP contribution is 2.07. The van der Waals surface area contributed by atoms with Gasteiger partial charge in [-0.1, -0.05) is 6.07 Å². The van der Waals surface area contributed by atoms with E-state index in [1.54, 1.807) is 16.2 Å². The zero-order valence-electron chi connectivity index (χ0n) is 14.3. The van der Waals surface area contributed by atoms with E-state index in [1.807, 2.05) is 24.4 Å². The van der Waals surface area contributed by atoms with Crippen LogP contribution in [0.2, 0.25) is 0 Å². The van der Waals surface area contributed by atoms with E-state index in [1.165, 1.54) is 0 Å². The summed E-state index contributed by atoms with van der Waals surface area (Å²) in [6, 6.07) is 4.29. The molecular weight excluding hydrogens is 348 g/mol. The molecule has 1 aliphatic rings. The van der Waals surface area contributed by atoms with Crippen molar-refractivity contribution >= 4 is 35.6 Å². The maximum atomic E-state index is 12.4. The largest absolute Gasteiger partial charge is 0.350 e. The van der Waals surface area contributed by atoms with Crippen LogP contribution in [0, 0.1) is 0 Å². The lowest BCUT2D eigenvalue weighted by molar-refractivity contribution is -0.137. The smallest absolute Gasteiger partial charge is 0.239 e. The van der Waals surface area contributed by atoms with Gasteiger partial charge in [-0.2, -0.15) is 0 Å². The Kier molecular flexibility index (Phi) is 9.28. The van der Waals surface area contributed by atoms with Crippen molar-refractivity contribution in [2.75, 3.05) is 39.3 Å². The Morgan fingerprint density at radius 3 is 2.92 bits per heavy atom. The standard InChI is InChI=1S/C16H26N4O2S.ClH/c1-3-19(11-15(21)18-10-14-5-4-8-23-14)16(22)12-20-7-6-17-9-13(20)2;/h4-5,8,13,17H,3,6-7,9-12H2,1-2H3,(H,18,21);1H/t13-;/m0./s1. The highest BCUT2D eigenvalue weighted by molar-refractivity contribution is 7.09. The van der Waals surface area contributed by atoms with Crippen LogP contribution in [0.1, 0.15) is 18.7 Å². The first kappa shape index (κ1) is 20.9. The normalized spacial score (nSPS) is 17.8. The third-order valence-corrected chi connectivity index (χ3v) is 4.96. The van der Waals surface area contributed by atoms with E-state index in [4.69, 9.17) is 0 Å². The summed E-state index contributed by atoms with van der Waals surface area (Å²) in [5.74, 6) is -0.0884. The van der Waals surface area contributed by atoms with Crippen LogP contribution in [0.4, 0.5) is 0 Å². The predicted molar refractivity (Wildman–Crippen MR) is 99.6 cm³/mol. The van der Waals surface area contributed by atoms with Crippen LogP contribution in [0.15, 0.2) is 17.5 Å². The predicted octanol–water partition coefficient (Wildman–Crippen LogP) is 0.928. The van der Waals surface area contributed by atoms with Crippen molar-refractivity contribution in [3.05, 3.63) is 22.4 Å². The molecule has 6 nitrogen and oxygen atoms in total. The molecule has 0 radical (unpaired) electrons. The van der Waals surface area contributed by atoms with Gasteiger partial charge in [-0.25, -0.2) is 0 Å². The van der Waals surface area contributed by atoms with Gasteiger partial charge in [-0.05, 0) is 25.3 Å². The second-order valence-corrected chi connectivity index (χ2v) is 6.82. The molecule has 136 valence electrons. The molecule has 0 spiro atoms. The minimum atomic E-state index is -0.109. The molecule has 1 fully saturated rings. The molecule has 8 heteroatoms. The molecule has 1 aliphatic heterocycles. The summed E-state index contributed by atoms with van der Waals surface area (Å²) in [5.41, 5.74) is 0. The minimum absolute atomic E-state index is 0. The second kappa shape index (κ2) is 10.7. The number of carbonyl (C=O) groups excluding carboxylic acids is 2. The summed E-state index contributed by atoms with van der Waals surface area (Å²) in [5, 5.41) is 8.17. The van der Waals surface area contributed by atoms with Gasteiger partial charge in [-0.3, -0.25) is 14.5 Å². The lowest BCUT2D eigenvalue weighted by atomic mass is 10.2. The molecule has 2 amide bonds. The molecule has 2 N–H and O–H groups in total. The van der Waals surface area contributed by atoms with Crippen LogP contribution in [0.3, 0.4) is 0 Å². The SMILES string of the molecule is CCN(CC(=O)NCc1cccs1)C(=O)CN1CCNC[C@@H]1C.Cl. The molecule has 1 saturated heterocycles. The van der Waals surface area contributed by atoms with Crippen molar-refractivity contribution in [1.82, 2.24) is 20.4 Å². The van der Waals surface area contributed by atoms with Crippen molar-refractivity contribution in [2.24, 2.45) is 0 Å². The second-order valence-electron chi connectivity index (χ2n) is 5.79. The van der Waals surface area contributed by atoms with Crippen LogP contribution in [0.5, 0.6) is 0 Å². The molecule has 24 heavy (non-hydrogen) atoms. The topological polar surface area (TPSA) is 64.7 Å². The van der Waals surface area contributed by atoms with Gasteiger partial charge in [0, 0.05) is 37.1 Å². The van der Waals surface area contributed by atoms with Gasteiger partial charge >= 0.3 is 0 Å². The number of thiophene rings is 1. The van der Waals surface area contributed by atoms with Gasteiger partial charge in [0.15, 0.2) is 0 Å². The quantitative estimate of drug-likeness (QED) is 0.745. The van der Waals surface area contributed by atoms with Crippen molar-refractivity contribution in [2.45, 2.75) is 26.4 Å². The highest BCUT2D eigenvalue weighted by atomic mass is 35.5. The van der Waals surface area contributed by atoms with E-state index in [2.05, 4.69) is 22.5 Å². The van der Waals surface area contributed by atoms with Crippen molar-refractivity contribution in [1.29, 1.82) is 0 Å². The van der Waals surface area contributed by atoms with Crippen molar-refractivity contribution in [3.8, 4) is 0 Å². The maximum absolute atomic E-state index is 12.4. The number of carbonyl (C=O) groups is 2. The van der Waals surface area contributed by atoms with E-state index in [0.29, 0.717) is 25.7 Å². The van der Waals surface area contributed by atoms with Crippen LogP contribution in [-0.4, -0.2) is 66.9 Å². The molecule has 0 unspecified atom stereocenters. The molecule has 2 rings (SSSR count). The summed E-state index contributed by atoms with van der Waals surface area (Å²) in [4.78, 5) is 29.4. The van der Waals surface area contributed by atoms with Gasteiger partial charge in [0.1, 0.15) is 0 Å². The van der Waals surface area contributed by atoms with Crippen LogP contribution >= 0.6 is 23.7 Å². The summed E-state index contributed by atoms with van der Waals surface area (Å²) in [6.07, 6.45) is 0. The van der Waals surface area contributed by atoms with Crippen LogP contribution < -0.4 is 10.6 Å². The van der Waals surface area contributed by atoms with Gasteiger partial charge in [-0.15, -0.1) is 23.7 Å². The number of rotatable bonds is 7. The minimum Gasteiger partial charge on any atom is -0.350 e. The molecule has 1 aromatic rings. The number of amides is 2. The number of nitrogens with zero attached hydrogens (tertiary/aromatic N) is 2. The van der Waals surface area contributed by atoms with Crippen molar-refractivity contribution < 1.29 is 9.59 Å². The Morgan fingerprint density at radius 2 is 2.29 bits per heavy atom. The summed E-state index contributed by atoms with van der Waals surface area (Å²) in [6.45, 7) is 8.29. The third-order valence-electron chi connectivity index (χ3n) is 4.09. The van der Waals surface area contributed by atoms with E-state index in [9.17, 15) is 9.59 Å². The molecule has 2 heterocycles. The molecule has 1 aromatic heterocycles. The van der Waals surface area contributed by atoms with E-state index >= 15 is 0 Å². The van der Waals surface area contributed by atoms with Crippen LogP contribution in [-0.2, 0) is 16.1 Å². The van der Waals surface area contributed by atoms with Gasteiger partial charge in [0.25, 0.3) is 0 Å². The zero-order valence-corrected chi connectivity index (χ0v) is 15.9. The monoisotopic (exact) mass is 374 g/mol. The van der Waals surface area contributed by atoms with Crippen molar-refractivity contribution in [3.63, 3.8) is 0 Å². The Hall–Kier alpha value is -1.15. The number of halogens is 1. The number of piperazine rings is 1. The fraction of sp³-hybridized carbons (Fsp3) is 0.625. The number of hydrogen-bond donors (Lipinski definition) is 2. The first-order valence-electron chi connectivity index (χ1n) is 8.11.